The predicted molar refractivity (Wildman–Crippen MR) is 173 cm³/mol. The Labute approximate surface area is 262 Å². The average Bonchev–Trinajstić information content (AvgIpc) is 3.74. The van der Waals surface area contributed by atoms with Gasteiger partial charge in [-0.05, 0) is 119 Å². The van der Waals surface area contributed by atoms with Crippen LogP contribution in [0.3, 0.4) is 0 Å². The van der Waals surface area contributed by atoms with Crippen LogP contribution in [0.2, 0.25) is 0 Å². The Morgan fingerprint density at radius 1 is 0.533 bits per heavy atom. The topological polar surface area (TPSA) is 81.7 Å². The Hall–Kier alpha value is -4.85. The van der Waals surface area contributed by atoms with Gasteiger partial charge in [-0.1, -0.05) is 48.5 Å². The van der Waals surface area contributed by atoms with E-state index in [-0.39, 0.29) is 11.1 Å². The highest BCUT2D eigenvalue weighted by Crippen LogP contribution is 2.41. The van der Waals surface area contributed by atoms with Gasteiger partial charge in [0, 0.05) is 11.1 Å². The van der Waals surface area contributed by atoms with Gasteiger partial charge in [0.05, 0.1) is 34.8 Å². The zero-order valence-electron chi connectivity index (χ0n) is 24.6. The molecule has 0 unspecified atom stereocenters. The molecule has 0 atom stereocenters. The van der Waals surface area contributed by atoms with Crippen molar-refractivity contribution in [2.45, 2.75) is 50.0 Å². The van der Waals surface area contributed by atoms with Gasteiger partial charge in [0.2, 0.25) is 0 Å². The first kappa shape index (κ1) is 30.2. The van der Waals surface area contributed by atoms with Crippen LogP contribution >= 0.6 is 0 Å². The highest BCUT2D eigenvalue weighted by Gasteiger charge is 2.23. The third kappa shape index (κ3) is 6.50. The van der Waals surface area contributed by atoms with Crippen molar-refractivity contribution in [2.24, 2.45) is 0 Å². The number of hydrogen-bond acceptors (Lipinski definition) is 4. The number of rotatable bonds is 8. The first-order valence-corrected chi connectivity index (χ1v) is 16.8. The van der Waals surface area contributed by atoms with Gasteiger partial charge in [-0.2, -0.15) is 10.5 Å². The van der Waals surface area contributed by atoms with E-state index >= 15 is 8.78 Å². The van der Waals surface area contributed by atoms with Crippen molar-refractivity contribution in [1.29, 1.82) is 10.5 Å². The summed E-state index contributed by atoms with van der Waals surface area (Å²) in [4.78, 5) is 0. The summed E-state index contributed by atoms with van der Waals surface area (Å²) in [7, 11) is -3.87. The Balaban J connectivity index is 1.19. The average molecular weight is 617 g/mol. The maximum Gasteiger partial charge on any atom is 0.158 e. The minimum Gasteiger partial charge on any atom is -0.228 e. The van der Waals surface area contributed by atoms with Crippen molar-refractivity contribution in [3.8, 4) is 12.1 Å². The largest absolute Gasteiger partial charge is 0.228 e. The summed E-state index contributed by atoms with van der Waals surface area (Å²) in [6, 6.07) is 28.3. The van der Waals surface area contributed by atoms with E-state index in [4.69, 9.17) is 10.5 Å². The molecule has 0 spiro atoms. The molecule has 4 aromatic rings. The van der Waals surface area contributed by atoms with Crippen molar-refractivity contribution in [2.75, 3.05) is 0 Å². The summed E-state index contributed by atoms with van der Waals surface area (Å²) < 4.78 is 56.9. The molecule has 7 heteroatoms. The lowest BCUT2D eigenvalue weighted by atomic mass is 9.96. The number of nitriles is 2. The zero-order valence-corrected chi connectivity index (χ0v) is 25.4. The molecule has 0 saturated heterocycles. The molecule has 0 radical (unpaired) electrons. The first-order chi connectivity index (χ1) is 21.7. The summed E-state index contributed by atoms with van der Waals surface area (Å²) in [6.45, 7) is 0. The SMILES string of the molecule is N#Cc1ccc(C2=C(c3ccc(CS(=O)(=O)Cc4ccc(C5=C(c6ccc(C#N)cc6)CCC5)cc4F)c(F)c3)CCC2)cc1. The van der Waals surface area contributed by atoms with E-state index < -0.39 is 33.0 Å². The molecule has 0 bridgehead atoms. The van der Waals surface area contributed by atoms with Crippen LogP contribution in [-0.2, 0) is 21.3 Å². The number of nitrogens with zero attached hydrogens (tertiary/aromatic N) is 2. The van der Waals surface area contributed by atoms with E-state index in [2.05, 4.69) is 12.1 Å². The molecule has 45 heavy (non-hydrogen) atoms. The van der Waals surface area contributed by atoms with Crippen molar-refractivity contribution in [1.82, 2.24) is 0 Å². The molecule has 0 aliphatic heterocycles. The zero-order chi connectivity index (χ0) is 31.6. The molecule has 6 rings (SSSR count). The molecule has 0 N–H and O–H groups in total. The van der Waals surface area contributed by atoms with Crippen LogP contribution in [0.4, 0.5) is 8.78 Å². The molecule has 2 aliphatic rings. The summed E-state index contributed by atoms with van der Waals surface area (Å²) in [5.41, 5.74) is 8.94. The van der Waals surface area contributed by atoms with E-state index in [0.29, 0.717) is 22.3 Å². The normalized spacial score (nSPS) is 14.9. The van der Waals surface area contributed by atoms with Gasteiger partial charge in [0.15, 0.2) is 9.84 Å². The quantitative estimate of drug-likeness (QED) is 0.198. The molecule has 4 nitrogen and oxygen atoms in total. The summed E-state index contributed by atoms with van der Waals surface area (Å²) >= 11 is 0. The standard InChI is InChI=1S/C38H30F2N2O2S/c39-37-19-29(35-5-1-3-33(35)27-11-7-25(21-41)8-12-27)15-17-31(37)23-45(43,44)24-32-18-16-30(20-38(32)40)36-6-2-4-34(36)28-13-9-26(22-42)10-14-28/h7-20H,1-6,23-24H2. The van der Waals surface area contributed by atoms with Gasteiger partial charge in [-0.25, -0.2) is 17.2 Å². The van der Waals surface area contributed by atoms with Crippen molar-refractivity contribution in [3.05, 3.63) is 141 Å². The third-order valence-electron chi connectivity index (χ3n) is 8.71. The summed E-state index contributed by atoms with van der Waals surface area (Å²) in [5, 5.41) is 18.2. The van der Waals surface area contributed by atoms with Gasteiger partial charge in [-0.15, -0.1) is 0 Å². The van der Waals surface area contributed by atoms with Crippen LogP contribution in [0, 0.1) is 34.3 Å². The molecular weight excluding hydrogens is 586 g/mol. The first-order valence-electron chi connectivity index (χ1n) is 15.0. The second kappa shape index (κ2) is 12.6. The summed E-state index contributed by atoms with van der Waals surface area (Å²) in [6.07, 6.45) is 5.12. The van der Waals surface area contributed by atoms with Crippen molar-refractivity contribution < 1.29 is 17.2 Å². The van der Waals surface area contributed by atoms with E-state index in [1.165, 1.54) is 24.3 Å². The van der Waals surface area contributed by atoms with Gasteiger partial charge in [-0.3, -0.25) is 0 Å². The molecule has 0 heterocycles. The highest BCUT2D eigenvalue weighted by atomic mass is 32.2. The van der Waals surface area contributed by atoms with Crippen LogP contribution in [0.5, 0.6) is 0 Å². The Morgan fingerprint density at radius 2 is 0.867 bits per heavy atom. The number of benzene rings is 4. The molecule has 224 valence electrons. The third-order valence-corrected chi connectivity index (χ3v) is 10.2. The van der Waals surface area contributed by atoms with Crippen LogP contribution in [0.15, 0.2) is 84.9 Å². The Kier molecular flexibility index (Phi) is 8.48. The van der Waals surface area contributed by atoms with E-state index in [0.717, 1.165) is 71.9 Å². The van der Waals surface area contributed by atoms with Gasteiger partial charge in [0.25, 0.3) is 0 Å². The molecular formula is C38H30F2N2O2S. The maximum atomic E-state index is 15.3. The van der Waals surface area contributed by atoms with Crippen molar-refractivity contribution >= 4 is 32.1 Å². The molecule has 2 aliphatic carbocycles. The number of hydrogen-bond donors (Lipinski definition) is 0. The van der Waals surface area contributed by atoms with E-state index in [9.17, 15) is 8.42 Å². The Bertz CT molecular complexity index is 1900. The minimum atomic E-state index is -3.87. The fourth-order valence-corrected chi connectivity index (χ4v) is 8.00. The van der Waals surface area contributed by atoms with Crippen LogP contribution < -0.4 is 0 Å². The lowest BCUT2D eigenvalue weighted by Crippen LogP contribution is -2.10. The lowest BCUT2D eigenvalue weighted by molar-refractivity contribution is 0.580. The van der Waals surface area contributed by atoms with Crippen LogP contribution in [-0.4, -0.2) is 8.42 Å². The molecule has 4 aromatic carbocycles. The molecule has 0 amide bonds. The van der Waals surface area contributed by atoms with E-state index in [1.807, 2.05) is 24.3 Å². The van der Waals surface area contributed by atoms with E-state index in [1.54, 1.807) is 36.4 Å². The predicted octanol–water partition coefficient (Wildman–Crippen LogP) is 9.01. The van der Waals surface area contributed by atoms with Gasteiger partial charge >= 0.3 is 0 Å². The maximum absolute atomic E-state index is 15.3. The smallest absolute Gasteiger partial charge is 0.158 e. The van der Waals surface area contributed by atoms with Crippen LogP contribution in [0.1, 0.15) is 83.0 Å². The second-order valence-electron chi connectivity index (χ2n) is 11.6. The number of sulfone groups is 1. The number of allylic oxidation sites excluding steroid dienone is 4. The monoisotopic (exact) mass is 616 g/mol. The van der Waals surface area contributed by atoms with Gasteiger partial charge in [0.1, 0.15) is 11.6 Å². The van der Waals surface area contributed by atoms with Gasteiger partial charge < -0.3 is 0 Å². The molecule has 0 saturated carbocycles. The minimum absolute atomic E-state index is 0.0532. The molecule has 0 fully saturated rings. The Morgan fingerprint density at radius 3 is 1.20 bits per heavy atom. The number of halogens is 2. The second-order valence-corrected chi connectivity index (χ2v) is 13.7. The fraction of sp³-hybridized carbons (Fsp3) is 0.211. The fourth-order valence-electron chi connectivity index (χ4n) is 6.48. The highest BCUT2D eigenvalue weighted by molar-refractivity contribution is 7.89. The summed E-state index contributed by atoms with van der Waals surface area (Å²) in [5.74, 6) is -2.27. The lowest BCUT2D eigenvalue weighted by Gasteiger charge is -2.12. The molecule has 0 aromatic heterocycles. The van der Waals surface area contributed by atoms with Crippen molar-refractivity contribution in [3.63, 3.8) is 0 Å². The van der Waals surface area contributed by atoms with Crippen LogP contribution in [0.25, 0.3) is 22.3 Å².